The van der Waals surface area contributed by atoms with Crippen LogP contribution in [0.25, 0.3) is 0 Å². The van der Waals surface area contributed by atoms with Crippen LogP contribution in [0.3, 0.4) is 0 Å². The van der Waals surface area contributed by atoms with Crippen molar-refractivity contribution in [1.82, 2.24) is 4.90 Å². The van der Waals surface area contributed by atoms with Gasteiger partial charge < -0.3 is 14.7 Å². The lowest BCUT2D eigenvalue weighted by Crippen LogP contribution is -2.35. The number of hydrogen-bond acceptors (Lipinski definition) is 3. The summed E-state index contributed by atoms with van der Waals surface area (Å²) in [6.07, 6.45) is 0. The van der Waals surface area contributed by atoms with Crippen molar-refractivity contribution in [3.8, 4) is 5.75 Å². The number of halogens is 3. The molecular formula is C23H18ClF2NO4. The van der Waals surface area contributed by atoms with E-state index >= 15 is 0 Å². The summed E-state index contributed by atoms with van der Waals surface area (Å²) in [5.41, 5.74) is 1.05. The summed E-state index contributed by atoms with van der Waals surface area (Å²) < 4.78 is 32.5. The van der Waals surface area contributed by atoms with Crippen molar-refractivity contribution in [2.45, 2.75) is 13.2 Å². The van der Waals surface area contributed by atoms with E-state index in [-0.39, 0.29) is 29.6 Å². The van der Waals surface area contributed by atoms with Gasteiger partial charge in [0.05, 0.1) is 0 Å². The van der Waals surface area contributed by atoms with Crippen molar-refractivity contribution in [2.24, 2.45) is 0 Å². The maximum Gasteiger partial charge on any atom is 0.323 e. The first-order valence-electron chi connectivity index (χ1n) is 9.25. The van der Waals surface area contributed by atoms with Gasteiger partial charge in [0.15, 0.2) is 0 Å². The highest BCUT2D eigenvalue weighted by Crippen LogP contribution is 2.21. The molecule has 0 aliphatic heterocycles. The van der Waals surface area contributed by atoms with Crippen LogP contribution in [0.1, 0.15) is 21.5 Å². The van der Waals surface area contributed by atoms with Crippen LogP contribution in [0, 0.1) is 11.6 Å². The predicted octanol–water partition coefficient (Wildman–Crippen LogP) is 4.92. The summed E-state index contributed by atoms with van der Waals surface area (Å²) in [5, 5.41) is 9.28. The Morgan fingerprint density at radius 2 is 1.68 bits per heavy atom. The van der Waals surface area contributed by atoms with Crippen LogP contribution in [0.15, 0.2) is 66.7 Å². The second-order valence-electron chi connectivity index (χ2n) is 6.70. The molecule has 0 heterocycles. The van der Waals surface area contributed by atoms with E-state index in [0.29, 0.717) is 16.9 Å². The van der Waals surface area contributed by atoms with E-state index in [1.807, 2.05) is 0 Å². The van der Waals surface area contributed by atoms with E-state index < -0.39 is 24.2 Å². The molecule has 3 aromatic carbocycles. The Hall–Kier alpha value is -3.45. The molecule has 8 heteroatoms. The third kappa shape index (κ3) is 6.02. The second kappa shape index (κ2) is 10.0. The maximum absolute atomic E-state index is 13.7. The summed E-state index contributed by atoms with van der Waals surface area (Å²) in [4.78, 5) is 25.2. The van der Waals surface area contributed by atoms with Gasteiger partial charge in [0.25, 0.3) is 5.91 Å². The monoisotopic (exact) mass is 445 g/mol. The summed E-state index contributed by atoms with van der Waals surface area (Å²) in [6.45, 7) is -0.637. The summed E-state index contributed by atoms with van der Waals surface area (Å²) >= 11 is 6.01. The molecule has 5 nitrogen and oxygen atoms in total. The Kier molecular flexibility index (Phi) is 7.20. The molecule has 0 fully saturated rings. The van der Waals surface area contributed by atoms with Crippen LogP contribution >= 0.6 is 11.6 Å². The lowest BCUT2D eigenvalue weighted by molar-refractivity contribution is -0.137. The van der Waals surface area contributed by atoms with Crippen LogP contribution < -0.4 is 4.74 Å². The maximum atomic E-state index is 13.7. The predicted molar refractivity (Wildman–Crippen MR) is 111 cm³/mol. The number of carboxylic acids is 1. The SMILES string of the molecule is O=C(O)CN(Cc1ccc(F)cc1Cl)C(=O)c1ccc(OCc2ccccc2F)cc1. The van der Waals surface area contributed by atoms with Crippen LogP contribution in [0.2, 0.25) is 5.02 Å². The van der Waals surface area contributed by atoms with Crippen molar-refractivity contribution in [2.75, 3.05) is 6.54 Å². The second-order valence-corrected chi connectivity index (χ2v) is 7.10. The summed E-state index contributed by atoms with van der Waals surface area (Å²) in [7, 11) is 0. The first kappa shape index (κ1) is 22.2. The van der Waals surface area contributed by atoms with E-state index in [0.717, 1.165) is 11.0 Å². The number of rotatable bonds is 8. The molecule has 0 saturated carbocycles. The quantitative estimate of drug-likeness (QED) is 0.534. The van der Waals surface area contributed by atoms with Gasteiger partial charge >= 0.3 is 5.97 Å². The average Bonchev–Trinajstić information content (AvgIpc) is 2.74. The van der Waals surface area contributed by atoms with Crippen LogP contribution in [0.5, 0.6) is 5.75 Å². The minimum absolute atomic E-state index is 0.0220. The lowest BCUT2D eigenvalue weighted by atomic mass is 10.1. The smallest absolute Gasteiger partial charge is 0.323 e. The number of benzene rings is 3. The number of hydrogen-bond donors (Lipinski definition) is 1. The molecule has 0 spiro atoms. The summed E-state index contributed by atoms with van der Waals surface area (Å²) in [6, 6.07) is 16.0. The molecular weight excluding hydrogens is 428 g/mol. The number of carbonyl (C=O) groups is 2. The topological polar surface area (TPSA) is 66.8 Å². The molecule has 0 aliphatic carbocycles. The Morgan fingerprint density at radius 3 is 2.32 bits per heavy atom. The number of carbonyl (C=O) groups excluding carboxylic acids is 1. The van der Waals surface area contributed by atoms with Gasteiger partial charge in [0, 0.05) is 22.7 Å². The van der Waals surface area contributed by atoms with Crippen LogP contribution in [-0.4, -0.2) is 28.4 Å². The Morgan fingerprint density at radius 1 is 0.968 bits per heavy atom. The van der Waals surface area contributed by atoms with Gasteiger partial charge in [-0.25, -0.2) is 8.78 Å². The average molecular weight is 446 g/mol. The largest absolute Gasteiger partial charge is 0.489 e. The molecule has 0 aromatic heterocycles. The van der Waals surface area contributed by atoms with Crippen molar-refractivity contribution in [1.29, 1.82) is 0 Å². The first-order chi connectivity index (χ1) is 14.8. The highest BCUT2D eigenvalue weighted by molar-refractivity contribution is 6.31. The van der Waals surface area contributed by atoms with Gasteiger partial charge in [-0.15, -0.1) is 0 Å². The van der Waals surface area contributed by atoms with Gasteiger partial charge in [-0.1, -0.05) is 35.9 Å². The molecule has 1 amide bonds. The van der Waals surface area contributed by atoms with E-state index in [2.05, 4.69) is 0 Å². The number of nitrogens with zero attached hydrogens (tertiary/aromatic N) is 1. The molecule has 0 radical (unpaired) electrons. The van der Waals surface area contributed by atoms with E-state index in [4.69, 9.17) is 16.3 Å². The molecule has 0 saturated heterocycles. The highest BCUT2D eigenvalue weighted by atomic mass is 35.5. The fourth-order valence-electron chi connectivity index (χ4n) is 2.87. The minimum atomic E-state index is -1.20. The molecule has 0 atom stereocenters. The van der Waals surface area contributed by atoms with E-state index in [9.17, 15) is 23.5 Å². The normalized spacial score (nSPS) is 10.5. The number of amides is 1. The standard InChI is InChI=1S/C23H18ClF2NO4/c24-20-11-18(25)8-5-16(20)12-27(13-22(28)29)23(30)15-6-9-19(10-7-15)31-14-17-3-1-2-4-21(17)26/h1-11H,12-14H2,(H,28,29). The van der Waals surface area contributed by atoms with Crippen LogP contribution in [-0.2, 0) is 17.9 Å². The number of carboxylic acid groups (broad SMARTS) is 1. The zero-order chi connectivity index (χ0) is 22.4. The Labute approximate surface area is 182 Å². The molecule has 0 unspecified atom stereocenters. The molecule has 0 bridgehead atoms. The molecule has 160 valence electrons. The van der Waals surface area contributed by atoms with Gasteiger partial charge in [-0.3, -0.25) is 9.59 Å². The zero-order valence-corrected chi connectivity index (χ0v) is 17.0. The van der Waals surface area contributed by atoms with Crippen molar-refractivity contribution >= 4 is 23.5 Å². The molecule has 3 rings (SSSR count). The Balaban J connectivity index is 1.71. The van der Waals surface area contributed by atoms with Gasteiger partial charge in [0.1, 0.15) is 30.5 Å². The fourth-order valence-corrected chi connectivity index (χ4v) is 3.10. The third-order valence-electron chi connectivity index (χ3n) is 4.44. The Bertz CT molecular complexity index is 1090. The molecule has 3 aromatic rings. The zero-order valence-electron chi connectivity index (χ0n) is 16.2. The van der Waals surface area contributed by atoms with E-state index in [1.54, 1.807) is 18.2 Å². The molecule has 1 N–H and O–H groups in total. The fraction of sp³-hybridized carbons (Fsp3) is 0.130. The van der Waals surface area contributed by atoms with Crippen molar-refractivity contribution in [3.05, 3.63) is 100 Å². The van der Waals surface area contributed by atoms with E-state index in [1.165, 1.54) is 42.5 Å². The van der Waals surface area contributed by atoms with Crippen molar-refractivity contribution < 1.29 is 28.2 Å². The molecule has 31 heavy (non-hydrogen) atoms. The van der Waals surface area contributed by atoms with Gasteiger partial charge in [0.2, 0.25) is 0 Å². The number of aliphatic carboxylic acids is 1. The van der Waals surface area contributed by atoms with Gasteiger partial charge in [-0.05, 0) is 48.0 Å². The van der Waals surface area contributed by atoms with Crippen LogP contribution in [0.4, 0.5) is 8.78 Å². The first-order valence-corrected chi connectivity index (χ1v) is 9.62. The van der Waals surface area contributed by atoms with Gasteiger partial charge in [-0.2, -0.15) is 0 Å². The summed E-state index contributed by atoms with van der Waals surface area (Å²) in [5.74, 6) is -2.22. The molecule has 0 aliphatic rings. The highest BCUT2D eigenvalue weighted by Gasteiger charge is 2.20. The van der Waals surface area contributed by atoms with Crippen molar-refractivity contribution in [3.63, 3.8) is 0 Å². The third-order valence-corrected chi connectivity index (χ3v) is 4.79. The number of ether oxygens (including phenoxy) is 1. The lowest BCUT2D eigenvalue weighted by Gasteiger charge is -2.21. The minimum Gasteiger partial charge on any atom is -0.489 e.